The van der Waals surface area contributed by atoms with Crippen LogP contribution in [0.15, 0.2) is 18.5 Å². The number of aromatic nitrogens is 2. The number of alkyl halides is 1. The SMILES string of the molecule is CC(Cl)CC(C)NC(=O)c1ccnnc1. The van der Waals surface area contributed by atoms with E-state index in [4.69, 9.17) is 11.6 Å². The molecule has 0 fully saturated rings. The van der Waals surface area contributed by atoms with Gasteiger partial charge in [0.2, 0.25) is 0 Å². The zero-order valence-electron chi connectivity index (χ0n) is 8.77. The molecule has 0 aliphatic heterocycles. The first kappa shape index (κ1) is 11.9. The number of hydrogen-bond donors (Lipinski definition) is 1. The minimum Gasteiger partial charge on any atom is -0.349 e. The number of carbonyl (C=O) groups is 1. The molecule has 1 aromatic rings. The van der Waals surface area contributed by atoms with Gasteiger partial charge in [0.25, 0.3) is 5.91 Å². The van der Waals surface area contributed by atoms with Gasteiger partial charge in [0.1, 0.15) is 0 Å². The first-order valence-corrected chi connectivity index (χ1v) is 5.25. The third kappa shape index (κ3) is 4.25. The Morgan fingerprint density at radius 1 is 1.53 bits per heavy atom. The van der Waals surface area contributed by atoms with E-state index in [1.54, 1.807) is 6.07 Å². The van der Waals surface area contributed by atoms with E-state index in [9.17, 15) is 4.79 Å². The van der Waals surface area contributed by atoms with Crippen molar-refractivity contribution in [1.29, 1.82) is 0 Å². The predicted octanol–water partition coefficient (Wildman–Crippen LogP) is 1.61. The zero-order chi connectivity index (χ0) is 11.3. The van der Waals surface area contributed by atoms with Crippen molar-refractivity contribution in [2.45, 2.75) is 31.7 Å². The lowest BCUT2D eigenvalue weighted by molar-refractivity contribution is 0.0938. The molecular formula is C10H14ClN3O. The molecule has 0 saturated heterocycles. The van der Waals surface area contributed by atoms with Crippen LogP contribution in [-0.4, -0.2) is 27.5 Å². The van der Waals surface area contributed by atoms with Gasteiger partial charge in [-0.1, -0.05) is 0 Å². The normalized spacial score (nSPS) is 14.3. The van der Waals surface area contributed by atoms with Crippen LogP contribution in [0.5, 0.6) is 0 Å². The second kappa shape index (κ2) is 5.66. The Labute approximate surface area is 94.0 Å². The summed E-state index contributed by atoms with van der Waals surface area (Å²) in [5.74, 6) is -0.144. The minimum absolute atomic E-state index is 0.0517. The first-order valence-electron chi connectivity index (χ1n) is 4.81. The molecule has 0 spiro atoms. The maximum atomic E-state index is 11.6. The molecule has 0 saturated carbocycles. The van der Waals surface area contributed by atoms with E-state index in [0.717, 1.165) is 6.42 Å². The van der Waals surface area contributed by atoms with E-state index in [1.165, 1.54) is 12.4 Å². The van der Waals surface area contributed by atoms with Crippen molar-refractivity contribution in [2.24, 2.45) is 0 Å². The maximum absolute atomic E-state index is 11.6. The highest BCUT2D eigenvalue weighted by Crippen LogP contribution is 2.05. The lowest BCUT2D eigenvalue weighted by atomic mass is 10.2. The van der Waals surface area contributed by atoms with Crippen molar-refractivity contribution in [3.05, 3.63) is 24.0 Å². The van der Waals surface area contributed by atoms with Gasteiger partial charge in [-0.25, -0.2) is 0 Å². The Morgan fingerprint density at radius 3 is 2.80 bits per heavy atom. The number of halogens is 1. The molecule has 1 amide bonds. The third-order valence-corrected chi connectivity index (χ3v) is 2.08. The van der Waals surface area contributed by atoms with E-state index in [0.29, 0.717) is 5.56 Å². The van der Waals surface area contributed by atoms with Crippen molar-refractivity contribution in [1.82, 2.24) is 15.5 Å². The van der Waals surface area contributed by atoms with Crippen LogP contribution >= 0.6 is 11.6 Å². The molecule has 0 aliphatic rings. The summed E-state index contributed by atoms with van der Waals surface area (Å²) in [5.41, 5.74) is 0.513. The Balaban J connectivity index is 2.49. The molecule has 1 N–H and O–H groups in total. The van der Waals surface area contributed by atoms with E-state index in [1.807, 2.05) is 13.8 Å². The Morgan fingerprint density at radius 2 is 2.27 bits per heavy atom. The fourth-order valence-electron chi connectivity index (χ4n) is 1.28. The summed E-state index contributed by atoms with van der Waals surface area (Å²) in [7, 11) is 0. The van der Waals surface area contributed by atoms with E-state index in [2.05, 4.69) is 15.5 Å². The molecule has 2 atom stereocenters. The van der Waals surface area contributed by atoms with Gasteiger partial charge in [-0.3, -0.25) is 4.79 Å². The summed E-state index contributed by atoms with van der Waals surface area (Å²) < 4.78 is 0. The number of amides is 1. The standard InChI is InChI=1S/C10H14ClN3O/c1-7(11)5-8(2)14-10(15)9-3-4-12-13-6-9/h3-4,6-8H,5H2,1-2H3,(H,14,15). The highest BCUT2D eigenvalue weighted by Gasteiger charge is 2.11. The molecule has 1 heterocycles. The average Bonchev–Trinajstić information content (AvgIpc) is 2.17. The highest BCUT2D eigenvalue weighted by molar-refractivity contribution is 6.20. The van der Waals surface area contributed by atoms with Crippen molar-refractivity contribution >= 4 is 17.5 Å². The van der Waals surface area contributed by atoms with Crippen molar-refractivity contribution in [3.8, 4) is 0 Å². The Kier molecular flexibility index (Phi) is 4.49. The number of rotatable bonds is 4. The lowest BCUT2D eigenvalue weighted by Gasteiger charge is -2.14. The molecule has 0 bridgehead atoms. The van der Waals surface area contributed by atoms with Gasteiger partial charge >= 0.3 is 0 Å². The number of nitrogens with zero attached hydrogens (tertiary/aromatic N) is 2. The van der Waals surface area contributed by atoms with Gasteiger partial charge in [-0.05, 0) is 26.3 Å². The van der Waals surface area contributed by atoms with Gasteiger partial charge in [-0.15, -0.1) is 11.6 Å². The molecule has 2 unspecified atom stereocenters. The molecule has 82 valence electrons. The summed E-state index contributed by atoms with van der Waals surface area (Å²) in [6.07, 6.45) is 3.67. The minimum atomic E-state index is -0.144. The van der Waals surface area contributed by atoms with Gasteiger partial charge in [0, 0.05) is 11.4 Å². The van der Waals surface area contributed by atoms with E-state index < -0.39 is 0 Å². The van der Waals surface area contributed by atoms with Crippen LogP contribution in [0.4, 0.5) is 0 Å². The maximum Gasteiger partial charge on any atom is 0.253 e. The first-order chi connectivity index (χ1) is 7.09. The van der Waals surface area contributed by atoms with Crippen LogP contribution < -0.4 is 5.32 Å². The number of carbonyl (C=O) groups excluding carboxylic acids is 1. The van der Waals surface area contributed by atoms with Gasteiger partial charge in [-0.2, -0.15) is 10.2 Å². The van der Waals surface area contributed by atoms with Crippen LogP contribution in [0.3, 0.4) is 0 Å². The summed E-state index contributed by atoms with van der Waals surface area (Å²) in [5, 5.41) is 10.1. The van der Waals surface area contributed by atoms with Crippen molar-refractivity contribution in [3.63, 3.8) is 0 Å². The largest absolute Gasteiger partial charge is 0.349 e. The van der Waals surface area contributed by atoms with Crippen molar-refractivity contribution in [2.75, 3.05) is 0 Å². The van der Waals surface area contributed by atoms with Crippen LogP contribution in [0.25, 0.3) is 0 Å². The fraction of sp³-hybridized carbons (Fsp3) is 0.500. The predicted molar refractivity (Wildman–Crippen MR) is 58.9 cm³/mol. The topological polar surface area (TPSA) is 54.9 Å². The number of nitrogens with one attached hydrogen (secondary N) is 1. The zero-order valence-corrected chi connectivity index (χ0v) is 9.53. The molecular weight excluding hydrogens is 214 g/mol. The summed E-state index contributed by atoms with van der Waals surface area (Å²) in [4.78, 5) is 11.6. The monoisotopic (exact) mass is 227 g/mol. The van der Waals surface area contributed by atoms with Crippen LogP contribution in [-0.2, 0) is 0 Å². The molecule has 0 aliphatic carbocycles. The highest BCUT2D eigenvalue weighted by atomic mass is 35.5. The molecule has 4 nitrogen and oxygen atoms in total. The van der Waals surface area contributed by atoms with E-state index >= 15 is 0 Å². The summed E-state index contributed by atoms with van der Waals surface area (Å²) in [6.45, 7) is 3.82. The second-order valence-corrected chi connectivity index (χ2v) is 4.27. The van der Waals surface area contributed by atoms with Gasteiger partial charge < -0.3 is 5.32 Å². The molecule has 15 heavy (non-hydrogen) atoms. The quantitative estimate of drug-likeness (QED) is 0.796. The Bertz CT molecular complexity index is 316. The third-order valence-electron chi connectivity index (χ3n) is 1.90. The molecule has 1 rings (SSSR count). The summed E-state index contributed by atoms with van der Waals surface area (Å²) in [6, 6.07) is 1.68. The van der Waals surface area contributed by atoms with Gasteiger partial charge in [0.05, 0.1) is 18.0 Å². The van der Waals surface area contributed by atoms with Crippen molar-refractivity contribution < 1.29 is 4.79 Å². The van der Waals surface area contributed by atoms with E-state index in [-0.39, 0.29) is 17.3 Å². The molecule has 0 radical (unpaired) electrons. The Hall–Kier alpha value is -1.16. The summed E-state index contributed by atoms with van der Waals surface area (Å²) >= 11 is 5.83. The average molecular weight is 228 g/mol. The smallest absolute Gasteiger partial charge is 0.253 e. The molecule has 0 aromatic carbocycles. The molecule has 1 aromatic heterocycles. The van der Waals surface area contributed by atoms with Crippen LogP contribution in [0.1, 0.15) is 30.6 Å². The fourth-order valence-corrected chi connectivity index (χ4v) is 1.55. The lowest BCUT2D eigenvalue weighted by Crippen LogP contribution is -2.34. The van der Waals surface area contributed by atoms with Gasteiger partial charge in [0.15, 0.2) is 0 Å². The second-order valence-electron chi connectivity index (χ2n) is 3.52. The van der Waals surface area contributed by atoms with Crippen LogP contribution in [0, 0.1) is 0 Å². The molecule has 5 heteroatoms. The number of hydrogen-bond acceptors (Lipinski definition) is 3. The van der Waals surface area contributed by atoms with Crippen LogP contribution in [0.2, 0.25) is 0 Å².